The van der Waals surface area contributed by atoms with E-state index < -0.39 is 12.0 Å². The fraction of sp³-hybridized carbons (Fsp3) is 0.267. The maximum atomic E-state index is 11.2. The molecule has 2 rings (SSSR count). The number of carbonyl (C=O) groups is 1. The van der Waals surface area contributed by atoms with E-state index in [9.17, 15) is 4.79 Å². The van der Waals surface area contributed by atoms with Crippen molar-refractivity contribution >= 4 is 17.6 Å². The molecule has 1 heterocycles. The van der Waals surface area contributed by atoms with Crippen molar-refractivity contribution in [2.75, 3.05) is 7.11 Å². The van der Waals surface area contributed by atoms with Crippen LogP contribution in [0.1, 0.15) is 11.5 Å². The molecule has 1 aromatic carbocycles. The van der Waals surface area contributed by atoms with Crippen molar-refractivity contribution in [2.24, 2.45) is 5.73 Å². The van der Waals surface area contributed by atoms with Gasteiger partial charge < -0.3 is 19.6 Å². The van der Waals surface area contributed by atoms with E-state index in [0.29, 0.717) is 22.3 Å². The first-order valence-electron chi connectivity index (χ1n) is 6.38. The van der Waals surface area contributed by atoms with E-state index >= 15 is 0 Å². The largest absolute Gasteiger partial charge is 0.486 e. The van der Waals surface area contributed by atoms with E-state index in [2.05, 4.69) is 4.74 Å². The summed E-state index contributed by atoms with van der Waals surface area (Å²) in [5, 5.41) is 0.608. The quantitative estimate of drug-likeness (QED) is 0.830. The van der Waals surface area contributed by atoms with Crippen LogP contribution in [0, 0.1) is 0 Å². The highest BCUT2D eigenvalue weighted by atomic mass is 35.5. The lowest BCUT2D eigenvalue weighted by Crippen LogP contribution is -2.33. The lowest BCUT2D eigenvalue weighted by atomic mass is 10.2. The second-order valence-corrected chi connectivity index (χ2v) is 4.88. The van der Waals surface area contributed by atoms with Crippen LogP contribution >= 0.6 is 11.6 Å². The predicted molar refractivity (Wildman–Crippen MR) is 78.2 cm³/mol. The molecule has 0 saturated heterocycles. The zero-order chi connectivity index (χ0) is 15.2. The number of nitrogens with two attached hydrogens (primary N) is 1. The number of ether oxygens (including phenoxy) is 2. The van der Waals surface area contributed by atoms with Gasteiger partial charge in [0.2, 0.25) is 0 Å². The third kappa shape index (κ3) is 4.51. The van der Waals surface area contributed by atoms with Crippen molar-refractivity contribution in [1.29, 1.82) is 0 Å². The number of halogens is 1. The van der Waals surface area contributed by atoms with Crippen LogP contribution in [0.5, 0.6) is 5.75 Å². The standard InChI is InChI=1S/C15H16ClNO4/c1-19-15(18)14(17)8-12-5-6-13(21-12)9-20-11-4-2-3-10(16)7-11/h2-7,14H,8-9,17H2,1H3. The zero-order valence-corrected chi connectivity index (χ0v) is 12.3. The lowest BCUT2D eigenvalue weighted by molar-refractivity contribution is -0.142. The van der Waals surface area contributed by atoms with Gasteiger partial charge in [0.05, 0.1) is 7.11 Å². The van der Waals surface area contributed by atoms with Crippen LogP contribution in [0.2, 0.25) is 5.02 Å². The lowest BCUT2D eigenvalue weighted by Gasteiger charge is -2.07. The molecule has 0 radical (unpaired) electrons. The fourth-order valence-corrected chi connectivity index (χ4v) is 1.95. The number of methoxy groups -OCH3 is 1. The third-order valence-electron chi connectivity index (χ3n) is 2.82. The van der Waals surface area contributed by atoms with Crippen LogP contribution in [-0.4, -0.2) is 19.1 Å². The van der Waals surface area contributed by atoms with Gasteiger partial charge in [-0.2, -0.15) is 0 Å². The number of hydrogen-bond acceptors (Lipinski definition) is 5. The summed E-state index contributed by atoms with van der Waals surface area (Å²) >= 11 is 5.87. The molecule has 2 aromatic rings. The Labute approximate surface area is 127 Å². The Morgan fingerprint density at radius 1 is 1.33 bits per heavy atom. The minimum Gasteiger partial charge on any atom is -0.486 e. The van der Waals surface area contributed by atoms with Crippen LogP contribution in [0.3, 0.4) is 0 Å². The van der Waals surface area contributed by atoms with E-state index in [0.717, 1.165) is 0 Å². The second kappa shape index (κ2) is 7.15. The van der Waals surface area contributed by atoms with Crippen molar-refractivity contribution in [3.8, 4) is 5.75 Å². The maximum Gasteiger partial charge on any atom is 0.323 e. The molecule has 0 aliphatic rings. The molecular formula is C15H16ClNO4. The van der Waals surface area contributed by atoms with E-state index in [1.54, 1.807) is 30.3 Å². The average Bonchev–Trinajstić information content (AvgIpc) is 2.92. The molecule has 0 bridgehead atoms. The number of benzene rings is 1. The van der Waals surface area contributed by atoms with Gasteiger partial charge in [-0.1, -0.05) is 17.7 Å². The Bertz CT molecular complexity index is 611. The van der Waals surface area contributed by atoms with Gasteiger partial charge in [0.15, 0.2) is 0 Å². The number of hydrogen-bond donors (Lipinski definition) is 1. The number of carbonyl (C=O) groups excluding carboxylic acids is 1. The normalized spacial score (nSPS) is 12.0. The molecule has 0 fully saturated rings. The molecule has 2 N–H and O–H groups in total. The van der Waals surface area contributed by atoms with E-state index in [1.807, 2.05) is 6.07 Å². The molecule has 6 heteroatoms. The molecule has 0 saturated carbocycles. The van der Waals surface area contributed by atoms with E-state index in [-0.39, 0.29) is 13.0 Å². The number of esters is 1. The van der Waals surface area contributed by atoms with Crippen LogP contribution in [0.15, 0.2) is 40.8 Å². The monoisotopic (exact) mass is 309 g/mol. The SMILES string of the molecule is COC(=O)C(N)Cc1ccc(COc2cccc(Cl)c2)o1. The summed E-state index contributed by atoms with van der Waals surface area (Å²) in [7, 11) is 1.30. The first kappa shape index (κ1) is 15.4. The topological polar surface area (TPSA) is 74.7 Å². The molecule has 21 heavy (non-hydrogen) atoms. The second-order valence-electron chi connectivity index (χ2n) is 4.45. The molecule has 0 aliphatic carbocycles. The van der Waals surface area contributed by atoms with Gasteiger partial charge in [-0.25, -0.2) is 0 Å². The summed E-state index contributed by atoms with van der Waals surface area (Å²) < 4.78 is 15.7. The van der Waals surface area contributed by atoms with Crippen LogP contribution in [0.25, 0.3) is 0 Å². The molecule has 0 spiro atoms. The molecular weight excluding hydrogens is 294 g/mol. The zero-order valence-electron chi connectivity index (χ0n) is 11.5. The minimum absolute atomic E-state index is 0.272. The molecule has 0 amide bonds. The molecule has 1 aromatic heterocycles. The molecule has 112 valence electrons. The van der Waals surface area contributed by atoms with Crippen LogP contribution in [-0.2, 0) is 22.6 Å². The predicted octanol–water partition coefficient (Wildman–Crippen LogP) is 2.55. The average molecular weight is 310 g/mol. The summed E-state index contributed by atoms with van der Waals surface area (Å²) in [6.45, 7) is 0.272. The van der Waals surface area contributed by atoms with Gasteiger partial charge in [0.25, 0.3) is 0 Å². The van der Waals surface area contributed by atoms with Gasteiger partial charge >= 0.3 is 5.97 Å². The Balaban J connectivity index is 1.90. The molecule has 5 nitrogen and oxygen atoms in total. The highest BCUT2D eigenvalue weighted by Crippen LogP contribution is 2.19. The third-order valence-corrected chi connectivity index (χ3v) is 3.05. The van der Waals surface area contributed by atoms with Gasteiger partial charge in [-0.05, 0) is 30.3 Å². The summed E-state index contributed by atoms with van der Waals surface area (Å²) in [6, 6.07) is 9.92. The van der Waals surface area contributed by atoms with Crippen molar-refractivity contribution in [2.45, 2.75) is 19.1 Å². The molecule has 1 atom stereocenters. The summed E-state index contributed by atoms with van der Waals surface area (Å²) in [6.07, 6.45) is 0.282. The van der Waals surface area contributed by atoms with Crippen molar-refractivity contribution in [3.05, 3.63) is 52.9 Å². The van der Waals surface area contributed by atoms with Gasteiger partial charge in [0.1, 0.15) is 29.9 Å². The fourth-order valence-electron chi connectivity index (χ4n) is 1.77. The van der Waals surface area contributed by atoms with Gasteiger partial charge in [-0.3, -0.25) is 4.79 Å². The van der Waals surface area contributed by atoms with Gasteiger partial charge in [0, 0.05) is 11.4 Å². The summed E-state index contributed by atoms with van der Waals surface area (Å²) in [5.41, 5.74) is 5.67. The van der Waals surface area contributed by atoms with Crippen molar-refractivity contribution in [1.82, 2.24) is 0 Å². The Morgan fingerprint density at radius 2 is 2.10 bits per heavy atom. The number of rotatable bonds is 6. The minimum atomic E-state index is -0.733. The molecule has 0 aliphatic heterocycles. The number of furan rings is 1. The van der Waals surface area contributed by atoms with Crippen LogP contribution < -0.4 is 10.5 Å². The molecule has 1 unspecified atom stereocenters. The van der Waals surface area contributed by atoms with Crippen molar-refractivity contribution in [3.63, 3.8) is 0 Å². The Hall–Kier alpha value is -1.98. The van der Waals surface area contributed by atoms with Gasteiger partial charge in [-0.15, -0.1) is 0 Å². The highest BCUT2D eigenvalue weighted by Gasteiger charge is 2.16. The van der Waals surface area contributed by atoms with Crippen molar-refractivity contribution < 1.29 is 18.7 Å². The maximum absolute atomic E-state index is 11.2. The Morgan fingerprint density at radius 3 is 2.81 bits per heavy atom. The van der Waals surface area contributed by atoms with E-state index in [1.165, 1.54) is 7.11 Å². The van der Waals surface area contributed by atoms with Crippen LogP contribution in [0.4, 0.5) is 0 Å². The highest BCUT2D eigenvalue weighted by molar-refractivity contribution is 6.30. The summed E-state index contributed by atoms with van der Waals surface area (Å²) in [4.78, 5) is 11.2. The first-order chi connectivity index (χ1) is 10.1. The first-order valence-corrected chi connectivity index (χ1v) is 6.75. The smallest absolute Gasteiger partial charge is 0.323 e. The Kier molecular flexibility index (Phi) is 5.25. The summed E-state index contributed by atoms with van der Waals surface area (Å²) in [5.74, 6) is 1.44. The van der Waals surface area contributed by atoms with E-state index in [4.69, 9.17) is 26.5 Å².